The Morgan fingerprint density at radius 2 is 1.61 bits per heavy atom. The molecule has 0 bridgehead atoms. The zero-order valence-electron chi connectivity index (χ0n) is 27.7. The molecule has 10 heteroatoms. The minimum atomic E-state index is -4.99. The fourth-order valence-corrected chi connectivity index (χ4v) is 11.4. The maximum Gasteiger partial charge on any atom is 0.470 e. The molecule has 0 aromatic heterocycles. The summed E-state index contributed by atoms with van der Waals surface area (Å²) < 4.78 is 27.4. The number of carbonyl (C=O) groups excluding carboxylic acids is 2. The van der Waals surface area contributed by atoms with Crippen molar-refractivity contribution in [3.05, 3.63) is 0 Å². The van der Waals surface area contributed by atoms with Gasteiger partial charge in [0.25, 0.3) is 5.78 Å². The van der Waals surface area contributed by atoms with Gasteiger partial charge in [0.1, 0.15) is 6.10 Å². The van der Waals surface area contributed by atoms with E-state index in [0.29, 0.717) is 17.3 Å². The predicted molar refractivity (Wildman–Crippen MR) is 165 cm³/mol. The molecule has 0 amide bonds. The molecule has 1 aliphatic heterocycles. The summed E-state index contributed by atoms with van der Waals surface area (Å²) in [5.41, 5.74) is 0.650. The van der Waals surface area contributed by atoms with Crippen molar-refractivity contribution in [2.75, 3.05) is 6.61 Å². The molecule has 0 spiro atoms. The van der Waals surface area contributed by atoms with Gasteiger partial charge in [-0.2, -0.15) is 0 Å². The Hall–Kier alpha value is -0.830. The topological polar surface area (TPSA) is 140 Å². The molecule has 252 valence electrons. The molecule has 3 N–H and O–H groups in total. The number of aliphatic hydroxyl groups is 1. The highest BCUT2D eigenvalue weighted by molar-refractivity contribution is 7.46. The molecule has 5 aliphatic rings. The van der Waals surface area contributed by atoms with Gasteiger partial charge in [-0.3, -0.25) is 9.32 Å². The monoisotopic (exact) mass is 640 g/mol. The van der Waals surface area contributed by atoms with Crippen LogP contribution in [-0.2, 0) is 28.2 Å². The van der Waals surface area contributed by atoms with E-state index in [2.05, 4.69) is 46.1 Å². The van der Waals surface area contributed by atoms with Crippen LogP contribution >= 0.6 is 7.82 Å². The van der Waals surface area contributed by atoms with E-state index in [1.54, 1.807) is 0 Å². The average molecular weight is 641 g/mol. The molecule has 0 aromatic rings. The summed E-state index contributed by atoms with van der Waals surface area (Å²) in [6.07, 6.45) is 8.29. The number of cyclic esters (lactones) is 1. The number of carbonyl (C=O) groups is 2. The summed E-state index contributed by atoms with van der Waals surface area (Å²) in [5.74, 6) is 3.81. The molecule has 6 unspecified atom stereocenters. The molecular weight excluding hydrogens is 583 g/mol. The van der Waals surface area contributed by atoms with Crippen LogP contribution in [0.3, 0.4) is 0 Å². The number of phosphoric acid groups is 1. The van der Waals surface area contributed by atoms with Gasteiger partial charge in [0, 0.05) is 0 Å². The second-order valence-corrected chi connectivity index (χ2v) is 17.4. The fourth-order valence-electron chi connectivity index (χ4n) is 10.9. The van der Waals surface area contributed by atoms with E-state index < -0.39 is 44.5 Å². The molecule has 0 aromatic carbocycles. The first-order valence-corrected chi connectivity index (χ1v) is 18.9. The van der Waals surface area contributed by atoms with E-state index >= 15 is 0 Å². The lowest BCUT2D eigenvalue weighted by atomic mass is 9.44. The van der Waals surface area contributed by atoms with Gasteiger partial charge in [-0.1, -0.05) is 54.4 Å². The van der Waals surface area contributed by atoms with E-state index in [1.807, 2.05) is 0 Å². The molecule has 1 heterocycles. The lowest BCUT2D eigenvalue weighted by molar-refractivity contribution is -0.162. The second kappa shape index (κ2) is 13.0. The van der Waals surface area contributed by atoms with Gasteiger partial charge in [-0.15, -0.1) is 0 Å². The Labute approximate surface area is 263 Å². The van der Waals surface area contributed by atoms with Gasteiger partial charge in [0.2, 0.25) is 0 Å². The molecule has 5 rings (SSSR count). The van der Waals surface area contributed by atoms with Crippen LogP contribution in [0.15, 0.2) is 0 Å². The molecule has 1 saturated heterocycles. The molecule has 13 atom stereocenters. The van der Waals surface area contributed by atoms with Crippen molar-refractivity contribution in [3.63, 3.8) is 0 Å². The van der Waals surface area contributed by atoms with Crippen LogP contribution in [0.2, 0.25) is 0 Å². The summed E-state index contributed by atoms with van der Waals surface area (Å²) in [6, 6.07) is 0. The number of hydrogen-bond acceptors (Lipinski definition) is 7. The van der Waals surface area contributed by atoms with Crippen molar-refractivity contribution < 1.29 is 43.0 Å². The lowest BCUT2D eigenvalue weighted by Crippen LogP contribution is -2.55. The fraction of sp³-hybridized carbons (Fsp3) is 0.941. The van der Waals surface area contributed by atoms with Crippen molar-refractivity contribution in [1.29, 1.82) is 0 Å². The van der Waals surface area contributed by atoms with E-state index in [4.69, 9.17) is 9.47 Å². The number of esters is 1. The molecule has 0 radical (unpaired) electrons. The maximum atomic E-state index is 12.7. The predicted octanol–water partition coefficient (Wildman–Crippen LogP) is 6.07. The first-order valence-electron chi connectivity index (χ1n) is 17.3. The molecule has 5 fully saturated rings. The third kappa shape index (κ3) is 6.49. The van der Waals surface area contributed by atoms with Gasteiger partial charge >= 0.3 is 13.8 Å². The summed E-state index contributed by atoms with van der Waals surface area (Å²) in [6.45, 7) is 13.9. The van der Waals surface area contributed by atoms with E-state index in [1.165, 1.54) is 44.9 Å². The Morgan fingerprint density at radius 1 is 0.932 bits per heavy atom. The van der Waals surface area contributed by atoms with Crippen LogP contribution in [0.1, 0.15) is 112 Å². The largest absolute Gasteiger partial charge is 0.470 e. The smallest absolute Gasteiger partial charge is 0.450 e. The van der Waals surface area contributed by atoms with Gasteiger partial charge in [0.05, 0.1) is 12.7 Å². The highest BCUT2D eigenvalue weighted by atomic mass is 31.2. The van der Waals surface area contributed by atoms with Gasteiger partial charge < -0.3 is 24.4 Å². The Kier molecular flexibility index (Phi) is 10.2. The number of hydrogen-bond donors (Lipinski definition) is 3. The third-order valence-electron chi connectivity index (χ3n) is 13.8. The number of phosphoric ester groups is 1. The summed E-state index contributed by atoms with van der Waals surface area (Å²) in [4.78, 5) is 43.4. The van der Waals surface area contributed by atoms with E-state index in [-0.39, 0.29) is 11.5 Å². The highest BCUT2D eigenvalue weighted by Gasteiger charge is 2.61. The van der Waals surface area contributed by atoms with Crippen molar-refractivity contribution in [2.45, 2.75) is 137 Å². The number of fused-ring (bicyclic) bond motifs is 5. The number of aliphatic hydroxyl groups excluding tert-OH is 1. The summed E-state index contributed by atoms with van der Waals surface area (Å²) in [7, 11) is -4.99. The minimum absolute atomic E-state index is 0.211. The molecule has 44 heavy (non-hydrogen) atoms. The van der Waals surface area contributed by atoms with Crippen molar-refractivity contribution in [3.8, 4) is 0 Å². The van der Waals surface area contributed by atoms with E-state index in [9.17, 15) is 29.0 Å². The Bertz CT molecular complexity index is 1110. The minimum Gasteiger partial charge on any atom is -0.450 e. The van der Waals surface area contributed by atoms with Crippen LogP contribution < -0.4 is 0 Å². The lowest BCUT2D eigenvalue weighted by Gasteiger charge is -2.61. The van der Waals surface area contributed by atoms with Crippen LogP contribution in [0.4, 0.5) is 0 Å². The summed E-state index contributed by atoms with van der Waals surface area (Å²) in [5, 5.41) is 9.72. The highest BCUT2D eigenvalue weighted by Crippen LogP contribution is 2.68. The van der Waals surface area contributed by atoms with Crippen LogP contribution in [-0.4, -0.2) is 57.7 Å². The SMILES string of the molecule is CC(C)[C@H](C)CC[C@@H](C)[C@H]1CCC2C3CCC4CC(OC5C(=O)C(=O)O[C@@H]5[C@H](CO)OP(=O)(O)O)CC[C@]4(C)C3CC[C@@]21C. The molecule has 4 aliphatic carbocycles. The molecular formula is C34H57O9P. The number of ketones is 1. The third-order valence-corrected chi connectivity index (χ3v) is 14.3. The Morgan fingerprint density at radius 3 is 2.27 bits per heavy atom. The number of rotatable bonds is 11. The zero-order valence-corrected chi connectivity index (χ0v) is 28.5. The van der Waals surface area contributed by atoms with Crippen LogP contribution in [0.5, 0.6) is 0 Å². The van der Waals surface area contributed by atoms with Gasteiger partial charge in [-0.05, 0) is 116 Å². The normalized spacial score (nSPS) is 42.8. The van der Waals surface area contributed by atoms with Crippen LogP contribution in [0.25, 0.3) is 0 Å². The van der Waals surface area contributed by atoms with Gasteiger partial charge in [0.15, 0.2) is 12.2 Å². The maximum absolute atomic E-state index is 12.7. The van der Waals surface area contributed by atoms with Crippen molar-refractivity contribution in [1.82, 2.24) is 0 Å². The number of ether oxygens (including phenoxy) is 2. The standard InChI is InChI=1S/C34H57O9P/c1-19(2)20(3)7-8-21(4)25-11-12-26-24-10-9-22-17-23(13-15-33(22,5)27(24)14-16-34(25,26)6)41-31-29(36)32(37)42-30(31)28(18-35)43-44(38,39)40/h19-28,30-31,35H,7-18H2,1-6H3,(H2,38,39,40)/t20-,21-,22?,23?,24?,25-,26?,27?,28+,30-,31?,33+,34-/m1/s1. The Balaban J connectivity index is 1.23. The number of Topliss-reactive ketones (excluding diaryl/α,β-unsaturated/α-hetero) is 1. The first-order chi connectivity index (χ1) is 20.6. The molecule has 9 nitrogen and oxygen atoms in total. The van der Waals surface area contributed by atoms with Crippen molar-refractivity contribution in [2.24, 2.45) is 58.2 Å². The first kappa shape index (κ1) is 34.5. The quantitative estimate of drug-likeness (QED) is 0.139. The average Bonchev–Trinajstić information content (AvgIpc) is 3.45. The van der Waals surface area contributed by atoms with E-state index in [0.717, 1.165) is 61.2 Å². The summed E-state index contributed by atoms with van der Waals surface area (Å²) >= 11 is 0. The van der Waals surface area contributed by atoms with Crippen molar-refractivity contribution >= 4 is 19.6 Å². The van der Waals surface area contributed by atoms with Gasteiger partial charge in [-0.25, -0.2) is 9.36 Å². The molecule has 4 saturated carbocycles. The second-order valence-electron chi connectivity index (χ2n) is 16.2. The van der Waals surface area contributed by atoms with Crippen LogP contribution in [0, 0.1) is 58.2 Å². The zero-order chi connectivity index (χ0) is 32.2.